The molecule has 102 valence electrons. The topological polar surface area (TPSA) is 42.7 Å². The molecule has 2 heterocycles. The van der Waals surface area contributed by atoms with Gasteiger partial charge in [-0.3, -0.25) is 4.98 Å². The van der Waals surface area contributed by atoms with Crippen molar-refractivity contribution < 1.29 is 0 Å². The Hall–Kier alpha value is -2.20. The van der Waals surface area contributed by atoms with Gasteiger partial charge in [0.1, 0.15) is 5.82 Å². The molecule has 20 heavy (non-hydrogen) atoms. The average molecular weight is 266 g/mol. The predicted molar refractivity (Wildman–Crippen MR) is 80.4 cm³/mol. The summed E-state index contributed by atoms with van der Waals surface area (Å²) in [5, 5.41) is 3.46. The maximum atomic E-state index is 4.58. The predicted octanol–water partition coefficient (Wildman–Crippen LogP) is 2.53. The lowest BCUT2D eigenvalue weighted by Gasteiger charge is -2.08. The zero-order valence-corrected chi connectivity index (χ0v) is 11.6. The fourth-order valence-electron chi connectivity index (χ4n) is 2.40. The van der Waals surface area contributed by atoms with Crippen LogP contribution in [-0.2, 0) is 13.1 Å². The number of pyridine rings is 1. The van der Waals surface area contributed by atoms with Crippen LogP contribution in [-0.4, -0.2) is 21.1 Å². The van der Waals surface area contributed by atoms with Crippen LogP contribution in [0, 0.1) is 6.92 Å². The van der Waals surface area contributed by atoms with Crippen LogP contribution < -0.4 is 5.32 Å². The minimum absolute atomic E-state index is 0.869. The van der Waals surface area contributed by atoms with Gasteiger partial charge in [0.05, 0.1) is 11.0 Å². The van der Waals surface area contributed by atoms with Crippen molar-refractivity contribution in [3.8, 4) is 0 Å². The van der Waals surface area contributed by atoms with E-state index in [2.05, 4.69) is 45.0 Å². The first-order chi connectivity index (χ1) is 9.84. The molecule has 0 aliphatic rings. The van der Waals surface area contributed by atoms with E-state index in [4.69, 9.17) is 0 Å². The maximum absolute atomic E-state index is 4.58. The molecule has 0 spiro atoms. The average Bonchev–Trinajstić information content (AvgIpc) is 2.80. The molecule has 4 nitrogen and oxygen atoms in total. The molecule has 0 atom stereocenters. The molecule has 0 saturated heterocycles. The summed E-state index contributed by atoms with van der Waals surface area (Å²) in [5.41, 5.74) is 3.53. The molecule has 2 aromatic heterocycles. The van der Waals surface area contributed by atoms with Gasteiger partial charge in [0, 0.05) is 32.0 Å². The summed E-state index contributed by atoms with van der Waals surface area (Å²) < 4.78 is 2.26. The van der Waals surface area contributed by atoms with Gasteiger partial charge in [-0.1, -0.05) is 12.1 Å². The highest BCUT2D eigenvalue weighted by atomic mass is 15.1. The van der Waals surface area contributed by atoms with Crippen molar-refractivity contribution in [3.63, 3.8) is 0 Å². The van der Waals surface area contributed by atoms with E-state index in [9.17, 15) is 0 Å². The van der Waals surface area contributed by atoms with E-state index in [0.29, 0.717) is 0 Å². The number of aromatic nitrogens is 3. The van der Waals surface area contributed by atoms with Crippen molar-refractivity contribution in [2.24, 2.45) is 0 Å². The SMILES string of the molecule is Cc1nc2ccccc2n1CCNCc1ccncc1. The molecule has 0 aliphatic heterocycles. The van der Waals surface area contributed by atoms with E-state index < -0.39 is 0 Å². The standard InChI is InChI=1S/C16H18N4/c1-13-19-15-4-2-3-5-16(15)20(13)11-10-18-12-14-6-8-17-9-7-14/h2-9,18H,10-12H2,1H3. The largest absolute Gasteiger partial charge is 0.327 e. The molecule has 0 bridgehead atoms. The van der Waals surface area contributed by atoms with Gasteiger partial charge in [-0.15, -0.1) is 0 Å². The molecule has 0 saturated carbocycles. The maximum Gasteiger partial charge on any atom is 0.106 e. The Morgan fingerprint density at radius 1 is 1.10 bits per heavy atom. The van der Waals surface area contributed by atoms with Gasteiger partial charge in [0.15, 0.2) is 0 Å². The van der Waals surface area contributed by atoms with Crippen LogP contribution in [0.1, 0.15) is 11.4 Å². The Morgan fingerprint density at radius 3 is 2.75 bits per heavy atom. The number of para-hydroxylation sites is 2. The van der Waals surface area contributed by atoms with Crippen molar-refractivity contribution in [1.29, 1.82) is 0 Å². The molecule has 0 aliphatic carbocycles. The van der Waals surface area contributed by atoms with Gasteiger partial charge in [-0.2, -0.15) is 0 Å². The first kappa shape index (κ1) is 12.8. The smallest absolute Gasteiger partial charge is 0.106 e. The van der Waals surface area contributed by atoms with Gasteiger partial charge in [0.2, 0.25) is 0 Å². The molecule has 0 fully saturated rings. The number of nitrogens with one attached hydrogen (secondary N) is 1. The second-order valence-corrected chi connectivity index (χ2v) is 4.83. The van der Waals surface area contributed by atoms with E-state index in [1.54, 1.807) is 0 Å². The van der Waals surface area contributed by atoms with Crippen molar-refractivity contribution >= 4 is 11.0 Å². The fourth-order valence-corrected chi connectivity index (χ4v) is 2.40. The van der Waals surface area contributed by atoms with Gasteiger partial charge in [-0.05, 0) is 36.8 Å². The summed E-state index contributed by atoms with van der Waals surface area (Å²) in [6.07, 6.45) is 3.65. The van der Waals surface area contributed by atoms with E-state index >= 15 is 0 Å². The van der Waals surface area contributed by atoms with Crippen LogP contribution in [0.3, 0.4) is 0 Å². The summed E-state index contributed by atoms with van der Waals surface area (Å²) in [6.45, 7) is 4.78. The normalized spacial score (nSPS) is 11.1. The number of hydrogen-bond donors (Lipinski definition) is 1. The second-order valence-electron chi connectivity index (χ2n) is 4.83. The molecule has 3 rings (SSSR count). The highest BCUT2D eigenvalue weighted by molar-refractivity contribution is 5.75. The number of aryl methyl sites for hydroxylation is 1. The van der Waals surface area contributed by atoms with Crippen molar-refractivity contribution in [2.45, 2.75) is 20.0 Å². The Morgan fingerprint density at radius 2 is 1.90 bits per heavy atom. The summed E-state index contributed by atoms with van der Waals surface area (Å²) in [7, 11) is 0. The lowest BCUT2D eigenvalue weighted by molar-refractivity contribution is 0.597. The number of benzene rings is 1. The summed E-state index contributed by atoms with van der Waals surface area (Å²) in [5.74, 6) is 1.07. The van der Waals surface area contributed by atoms with E-state index in [0.717, 1.165) is 31.0 Å². The third-order valence-electron chi connectivity index (χ3n) is 3.44. The molecule has 1 N–H and O–H groups in total. The lowest BCUT2D eigenvalue weighted by Crippen LogP contribution is -2.20. The molecule has 3 aromatic rings. The zero-order chi connectivity index (χ0) is 13.8. The molecule has 0 amide bonds. The van der Waals surface area contributed by atoms with E-state index in [-0.39, 0.29) is 0 Å². The Bertz CT molecular complexity index is 688. The Labute approximate surface area is 118 Å². The van der Waals surface area contributed by atoms with Crippen molar-refractivity contribution in [1.82, 2.24) is 19.9 Å². The number of nitrogens with zero attached hydrogens (tertiary/aromatic N) is 3. The Balaban J connectivity index is 1.61. The third-order valence-corrected chi connectivity index (χ3v) is 3.44. The van der Waals surface area contributed by atoms with Crippen LogP contribution >= 0.6 is 0 Å². The minimum Gasteiger partial charge on any atom is -0.327 e. The quantitative estimate of drug-likeness (QED) is 0.722. The van der Waals surface area contributed by atoms with Crippen molar-refractivity contribution in [2.75, 3.05) is 6.54 Å². The molecular weight excluding hydrogens is 248 g/mol. The van der Waals surface area contributed by atoms with Crippen molar-refractivity contribution in [3.05, 3.63) is 60.2 Å². The van der Waals surface area contributed by atoms with Gasteiger partial charge >= 0.3 is 0 Å². The van der Waals surface area contributed by atoms with Crippen LogP contribution in [0.15, 0.2) is 48.8 Å². The van der Waals surface area contributed by atoms with Gasteiger partial charge in [0.25, 0.3) is 0 Å². The third kappa shape index (κ3) is 2.70. The zero-order valence-electron chi connectivity index (χ0n) is 11.6. The highest BCUT2D eigenvalue weighted by Gasteiger charge is 2.05. The molecule has 4 heteroatoms. The van der Waals surface area contributed by atoms with E-state index in [1.165, 1.54) is 11.1 Å². The molecule has 1 aromatic carbocycles. The van der Waals surface area contributed by atoms with Crippen LogP contribution in [0.25, 0.3) is 11.0 Å². The second kappa shape index (κ2) is 5.84. The number of rotatable bonds is 5. The Kier molecular flexibility index (Phi) is 3.74. The van der Waals surface area contributed by atoms with Gasteiger partial charge < -0.3 is 9.88 Å². The van der Waals surface area contributed by atoms with Crippen LogP contribution in [0.2, 0.25) is 0 Å². The van der Waals surface area contributed by atoms with Crippen LogP contribution in [0.5, 0.6) is 0 Å². The highest BCUT2D eigenvalue weighted by Crippen LogP contribution is 2.14. The lowest BCUT2D eigenvalue weighted by atomic mass is 10.3. The molecule has 0 unspecified atom stereocenters. The minimum atomic E-state index is 0.869. The first-order valence-corrected chi connectivity index (χ1v) is 6.86. The van der Waals surface area contributed by atoms with E-state index in [1.807, 2.05) is 30.6 Å². The summed E-state index contributed by atoms with van der Waals surface area (Å²) in [6, 6.07) is 12.3. The monoisotopic (exact) mass is 266 g/mol. The molecule has 0 radical (unpaired) electrons. The fraction of sp³-hybridized carbons (Fsp3) is 0.250. The summed E-state index contributed by atoms with van der Waals surface area (Å²) in [4.78, 5) is 8.60. The van der Waals surface area contributed by atoms with Gasteiger partial charge in [-0.25, -0.2) is 4.98 Å². The number of imidazole rings is 1. The van der Waals surface area contributed by atoms with Crippen LogP contribution in [0.4, 0.5) is 0 Å². The first-order valence-electron chi connectivity index (χ1n) is 6.86. The number of hydrogen-bond acceptors (Lipinski definition) is 3. The molecular formula is C16H18N4. The number of fused-ring (bicyclic) bond motifs is 1. The summed E-state index contributed by atoms with van der Waals surface area (Å²) >= 11 is 0.